The highest BCUT2D eigenvalue weighted by Crippen LogP contribution is 2.31. The molecular weight excluding hydrogens is 358 g/mol. The fourth-order valence-electron chi connectivity index (χ4n) is 3.26. The van der Waals surface area contributed by atoms with Gasteiger partial charge >= 0.3 is 0 Å². The van der Waals surface area contributed by atoms with E-state index in [1.54, 1.807) is 12.1 Å². The Bertz CT molecular complexity index is 930. The molecule has 1 atom stereocenters. The number of piperidine rings is 1. The molecule has 4 rings (SSSR count). The highest BCUT2D eigenvalue weighted by molar-refractivity contribution is 6.30. The third kappa shape index (κ3) is 3.48. The zero-order valence-corrected chi connectivity index (χ0v) is 14.6. The second-order valence-electron chi connectivity index (χ2n) is 6.48. The van der Waals surface area contributed by atoms with E-state index >= 15 is 0 Å². The second kappa shape index (κ2) is 6.78. The van der Waals surface area contributed by atoms with Crippen molar-refractivity contribution in [2.45, 2.75) is 18.4 Å². The van der Waals surface area contributed by atoms with E-state index < -0.39 is 12.0 Å². The van der Waals surface area contributed by atoms with E-state index in [1.165, 1.54) is 0 Å². The molecule has 2 heterocycles. The summed E-state index contributed by atoms with van der Waals surface area (Å²) >= 11 is 5.96. The molecule has 2 N–H and O–H groups in total. The molecule has 1 saturated heterocycles. The average molecular weight is 375 g/mol. The summed E-state index contributed by atoms with van der Waals surface area (Å²) in [5.74, 6) is -2.20. The van der Waals surface area contributed by atoms with E-state index in [-0.39, 0.29) is 13.0 Å². The van der Waals surface area contributed by atoms with Crippen molar-refractivity contribution in [1.29, 1.82) is 0 Å². The molecule has 2 aromatic carbocycles. The minimum atomic E-state index is -2.72. The summed E-state index contributed by atoms with van der Waals surface area (Å²) in [4.78, 5) is 0. The van der Waals surface area contributed by atoms with Gasteiger partial charge in [-0.2, -0.15) is 0 Å². The van der Waals surface area contributed by atoms with Gasteiger partial charge in [0.15, 0.2) is 5.82 Å². The van der Waals surface area contributed by atoms with Gasteiger partial charge in [-0.3, -0.25) is 0 Å². The molecule has 0 saturated carbocycles. The molecule has 26 heavy (non-hydrogen) atoms. The Kier molecular flexibility index (Phi) is 4.46. The number of hydrogen-bond acceptors (Lipinski definition) is 4. The van der Waals surface area contributed by atoms with Gasteiger partial charge in [-0.25, -0.2) is 8.78 Å². The molecule has 1 aromatic heterocycles. The number of rotatable bonds is 3. The maximum absolute atomic E-state index is 13.6. The number of anilines is 1. The third-order valence-corrected chi connectivity index (χ3v) is 4.72. The molecule has 7 heteroatoms. The van der Waals surface area contributed by atoms with Crippen LogP contribution in [0.25, 0.3) is 22.0 Å². The summed E-state index contributed by atoms with van der Waals surface area (Å²) in [7, 11) is 0. The normalized spacial score (nSPS) is 19.4. The van der Waals surface area contributed by atoms with Crippen molar-refractivity contribution in [2.24, 2.45) is 0 Å². The first-order valence-corrected chi connectivity index (χ1v) is 8.76. The maximum Gasteiger partial charge on any atom is 0.262 e. The Morgan fingerprint density at radius 1 is 1.04 bits per heavy atom. The molecule has 4 nitrogen and oxygen atoms in total. The lowest BCUT2D eigenvalue weighted by molar-refractivity contribution is -0.0244. The summed E-state index contributed by atoms with van der Waals surface area (Å²) in [5.41, 5.74) is 1.63. The number of benzene rings is 2. The largest absolute Gasteiger partial charge is 0.364 e. The summed E-state index contributed by atoms with van der Waals surface area (Å²) in [5, 5.41) is 16.9. The average Bonchev–Trinajstić information content (AvgIpc) is 2.62. The van der Waals surface area contributed by atoms with Crippen LogP contribution >= 0.6 is 11.6 Å². The van der Waals surface area contributed by atoms with Gasteiger partial charge in [-0.15, -0.1) is 10.2 Å². The van der Waals surface area contributed by atoms with E-state index in [1.807, 2.05) is 36.4 Å². The minimum absolute atomic E-state index is 0.227. The first kappa shape index (κ1) is 17.1. The predicted molar refractivity (Wildman–Crippen MR) is 99.8 cm³/mol. The molecule has 0 aliphatic carbocycles. The van der Waals surface area contributed by atoms with Crippen LogP contribution < -0.4 is 10.6 Å². The number of nitrogens with zero attached hydrogens (tertiary/aromatic N) is 2. The molecular formula is C19H17ClF2N4. The molecule has 0 amide bonds. The van der Waals surface area contributed by atoms with Gasteiger partial charge in [0.05, 0.1) is 6.54 Å². The Morgan fingerprint density at radius 3 is 2.50 bits per heavy atom. The topological polar surface area (TPSA) is 49.8 Å². The van der Waals surface area contributed by atoms with E-state index in [0.29, 0.717) is 17.4 Å². The second-order valence-corrected chi connectivity index (χ2v) is 6.92. The van der Waals surface area contributed by atoms with Crippen LogP contribution in [0.3, 0.4) is 0 Å². The zero-order chi connectivity index (χ0) is 18.1. The van der Waals surface area contributed by atoms with Gasteiger partial charge in [0.25, 0.3) is 5.92 Å². The molecule has 0 spiro atoms. The van der Waals surface area contributed by atoms with Crippen LogP contribution in [0.1, 0.15) is 6.42 Å². The Labute approximate surface area is 154 Å². The van der Waals surface area contributed by atoms with Crippen LogP contribution in [0.2, 0.25) is 5.02 Å². The van der Waals surface area contributed by atoms with Crippen molar-refractivity contribution in [1.82, 2.24) is 15.5 Å². The van der Waals surface area contributed by atoms with Crippen molar-refractivity contribution in [3.63, 3.8) is 0 Å². The molecule has 0 radical (unpaired) electrons. The van der Waals surface area contributed by atoms with Gasteiger partial charge in [0, 0.05) is 40.4 Å². The fourth-order valence-corrected chi connectivity index (χ4v) is 3.39. The Morgan fingerprint density at radius 2 is 1.77 bits per heavy atom. The lowest BCUT2D eigenvalue weighted by Crippen LogP contribution is -2.49. The summed E-state index contributed by atoms with van der Waals surface area (Å²) in [6, 6.07) is 14.7. The van der Waals surface area contributed by atoms with Crippen LogP contribution in [-0.2, 0) is 0 Å². The molecule has 1 unspecified atom stereocenters. The third-order valence-electron chi connectivity index (χ3n) is 4.47. The van der Waals surface area contributed by atoms with Gasteiger partial charge in [0.2, 0.25) is 0 Å². The molecule has 1 fully saturated rings. The molecule has 1 aliphatic rings. The highest BCUT2D eigenvalue weighted by atomic mass is 35.5. The minimum Gasteiger partial charge on any atom is -0.364 e. The summed E-state index contributed by atoms with van der Waals surface area (Å²) in [6.07, 6.45) is -0.227. The van der Waals surface area contributed by atoms with Gasteiger partial charge in [0.1, 0.15) is 5.69 Å². The first-order valence-electron chi connectivity index (χ1n) is 8.38. The van der Waals surface area contributed by atoms with Crippen molar-refractivity contribution < 1.29 is 8.78 Å². The summed E-state index contributed by atoms with van der Waals surface area (Å²) < 4.78 is 27.3. The van der Waals surface area contributed by atoms with Crippen LogP contribution in [0.5, 0.6) is 0 Å². The van der Waals surface area contributed by atoms with Crippen LogP contribution in [-0.4, -0.2) is 35.3 Å². The van der Waals surface area contributed by atoms with E-state index in [4.69, 9.17) is 11.6 Å². The number of aromatic nitrogens is 2. The monoisotopic (exact) mass is 374 g/mol. The van der Waals surface area contributed by atoms with Crippen LogP contribution in [0.15, 0.2) is 48.5 Å². The van der Waals surface area contributed by atoms with Gasteiger partial charge < -0.3 is 10.6 Å². The van der Waals surface area contributed by atoms with Crippen LogP contribution in [0, 0.1) is 0 Å². The number of hydrogen-bond donors (Lipinski definition) is 2. The Balaban J connectivity index is 1.71. The predicted octanol–water partition coefficient (Wildman–Crippen LogP) is 4.36. The fraction of sp³-hybridized carbons (Fsp3) is 0.263. The number of fused-ring (bicyclic) bond motifs is 1. The van der Waals surface area contributed by atoms with E-state index in [2.05, 4.69) is 20.8 Å². The highest BCUT2D eigenvalue weighted by Gasteiger charge is 2.36. The zero-order valence-electron chi connectivity index (χ0n) is 13.8. The van der Waals surface area contributed by atoms with Gasteiger partial charge in [-0.05, 0) is 12.1 Å². The smallest absolute Gasteiger partial charge is 0.262 e. The molecule has 134 valence electrons. The lowest BCUT2D eigenvalue weighted by Gasteiger charge is -2.30. The number of halogens is 3. The quantitative estimate of drug-likeness (QED) is 0.715. The van der Waals surface area contributed by atoms with Crippen molar-refractivity contribution in [2.75, 3.05) is 18.4 Å². The van der Waals surface area contributed by atoms with Crippen molar-refractivity contribution in [3.05, 3.63) is 53.6 Å². The lowest BCUT2D eigenvalue weighted by atomic mass is 10.0. The SMILES string of the molecule is FC1(F)CNCC(Nc2nnc(-c3ccc(Cl)cc3)c3ccccc23)C1. The standard InChI is InChI=1S/C19H17ClF2N4/c20-13-7-5-12(6-8-13)17-15-3-1-2-4-16(15)18(26-25-17)24-14-9-19(21,22)11-23-10-14/h1-8,14,23H,9-11H2,(H,24,26). The van der Waals surface area contributed by atoms with Gasteiger partial charge in [-0.1, -0.05) is 48.0 Å². The molecule has 1 aliphatic heterocycles. The summed E-state index contributed by atoms with van der Waals surface area (Å²) in [6.45, 7) is 0.178. The number of alkyl halides is 2. The van der Waals surface area contributed by atoms with Crippen LogP contribution in [0.4, 0.5) is 14.6 Å². The molecule has 3 aromatic rings. The molecule has 0 bridgehead atoms. The Hall–Kier alpha value is -2.31. The van der Waals surface area contributed by atoms with E-state index in [0.717, 1.165) is 22.0 Å². The van der Waals surface area contributed by atoms with Crippen molar-refractivity contribution in [3.8, 4) is 11.3 Å². The first-order chi connectivity index (χ1) is 12.5. The number of nitrogens with one attached hydrogen (secondary N) is 2. The van der Waals surface area contributed by atoms with Crippen molar-refractivity contribution >= 4 is 28.2 Å². The van der Waals surface area contributed by atoms with E-state index in [9.17, 15) is 8.78 Å². The maximum atomic E-state index is 13.6.